The van der Waals surface area contributed by atoms with Crippen molar-refractivity contribution in [3.63, 3.8) is 0 Å². The smallest absolute Gasteiger partial charge is 0.249 e. The lowest BCUT2D eigenvalue weighted by Crippen LogP contribution is -2.45. The molecule has 1 amide bonds. The fraction of sp³-hybridized carbons (Fsp3) is 0.938. The number of carbonyl (C=O) groups is 1. The Balaban J connectivity index is 0.00000264. The van der Waals surface area contributed by atoms with E-state index in [1.54, 1.807) is 0 Å². The molecule has 0 radical (unpaired) electrons. The lowest BCUT2D eigenvalue weighted by Gasteiger charge is -2.35. The van der Waals surface area contributed by atoms with Crippen molar-refractivity contribution >= 4 is 30.7 Å². The lowest BCUT2D eigenvalue weighted by atomic mass is 10.2. The summed E-state index contributed by atoms with van der Waals surface area (Å²) >= 11 is 0. The number of nitrogens with zero attached hydrogens (tertiary/aromatic N) is 1. The van der Waals surface area contributed by atoms with Crippen LogP contribution in [0.5, 0.6) is 0 Å². The van der Waals surface area contributed by atoms with E-state index in [4.69, 9.17) is 15.2 Å². The molecule has 2 saturated heterocycles. The molecular formula is C16H33Cl2N3O3. The van der Waals surface area contributed by atoms with Gasteiger partial charge in [-0.15, -0.1) is 24.8 Å². The molecular weight excluding hydrogens is 353 g/mol. The summed E-state index contributed by atoms with van der Waals surface area (Å²) in [6, 6.07) is 0. The van der Waals surface area contributed by atoms with Gasteiger partial charge in [-0.05, 0) is 46.1 Å². The van der Waals surface area contributed by atoms with Gasteiger partial charge in [0.2, 0.25) is 5.91 Å². The molecule has 2 rings (SSSR count). The normalized spacial score (nSPS) is 30.3. The van der Waals surface area contributed by atoms with E-state index in [2.05, 4.69) is 24.1 Å². The number of rotatable bonds is 7. The maximum absolute atomic E-state index is 12.0. The van der Waals surface area contributed by atoms with Crippen LogP contribution >= 0.6 is 24.8 Å². The zero-order valence-electron chi connectivity index (χ0n) is 14.7. The number of carbonyl (C=O) groups excluding carboxylic acids is 1. The molecule has 0 aromatic carbocycles. The summed E-state index contributed by atoms with van der Waals surface area (Å²) in [4.78, 5) is 14.4. The van der Waals surface area contributed by atoms with Crippen LogP contribution in [0.4, 0.5) is 0 Å². The molecule has 2 aliphatic rings. The molecule has 144 valence electrons. The molecule has 0 bridgehead atoms. The van der Waals surface area contributed by atoms with Crippen molar-refractivity contribution in [3.05, 3.63) is 0 Å². The third-order valence-electron chi connectivity index (χ3n) is 4.36. The summed E-state index contributed by atoms with van der Waals surface area (Å²) < 4.78 is 11.3. The first-order valence-corrected chi connectivity index (χ1v) is 8.59. The number of ether oxygens (including phenoxy) is 2. The van der Waals surface area contributed by atoms with E-state index in [9.17, 15) is 4.79 Å². The second kappa shape index (κ2) is 12.3. The van der Waals surface area contributed by atoms with Gasteiger partial charge in [-0.25, -0.2) is 0 Å². The van der Waals surface area contributed by atoms with E-state index in [-0.39, 0.29) is 42.9 Å². The van der Waals surface area contributed by atoms with Gasteiger partial charge in [-0.3, -0.25) is 9.69 Å². The van der Waals surface area contributed by atoms with Crippen molar-refractivity contribution in [2.75, 3.05) is 32.7 Å². The first-order chi connectivity index (χ1) is 10.6. The van der Waals surface area contributed by atoms with Crippen LogP contribution in [0, 0.1) is 0 Å². The zero-order chi connectivity index (χ0) is 15.9. The fourth-order valence-electron chi connectivity index (χ4n) is 3.32. The molecule has 0 aromatic rings. The highest BCUT2D eigenvalue weighted by atomic mass is 35.5. The van der Waals surface area contributed by atoms with Crippen molar-refractivity contribution in [2.24, 2.45) is 5.73 Å². The molecule has 2 unspecified atom stereocenters. The molecule has 8 heteroatoms. The largest absolute Gasteiger partial charge is 0.373 e. The van der Waals surface area contributed by atoms with E-state index in [1.807, 2.05) is 0 Å². The van der Waals surface area contributed by atoms with E-state index >= 15 is 0 Å². The average Bonchev–Trinajstić information content (AvgIpc) is 2.94. The fourth-order valence-corrected chi connectivity index (χ4v) is 3.32. The third-order valence-corrected chi connectivity index (χ3v) is 4.36. The molecule has 2 heterocycles. The number of nitrogens with one attached hydrogen (secondary N) is 1. The first-order valence-electron chi connectivity index (χ1n) is 8.59. The van der Waals surface area contributed by atoms with E-state index in [0.717, 1.165) is 51.9 Å². The van der Waals surface area contributed by atoms with Gasteiger partial charge in [-0.2, -0.15) is 0 Å². The van der Waals surface area contributed by atoms with Gasteiger partial charge >= 0.3 is 0 Å². The molecule has 4 atom stereocenters. The Morgan fingerprint density at radius 3 is 2.38 bits per heavy atom. The topological polar surface area (TPSA) is 76.8 Å². The number of nitrogens with two attached hydrogens (primary N) is 1. The summed E-state index contributed by atoms with van der Waals surface area (Å²) in [5, 5.41) is 2.98. The molecule has 0 spiro atoms. The first kappa shape index (κ1) is 23.9. The quantitative estimate of drug-likeness (QED) is 0.646. The number of amides is 1. The van der Waals surface area contributed by atoms with Crippen LogP contribution in [0.25, 0.3) is 0 Å². The Labute approximate surface area is 158 Å². The Morgan fingerprint density at radius 2 is 1.79 bits per heavy atom. The summed E-state index contributed by atoms with van der Waals surface area (Å²) in [6.45, 7) is 8.56. The minimum Gasteiger partial charge on any atom is -0.373 e. The second-order valence-corrected chi connectivity index (χ2v) is 6.57. The highest BCUT2D eigenvalue weighted by Gasteiger charge is 2.29. The van der Waals surface area contributed by atoms with Crippen LogP contribution < -0.4 is 11.1 Å². The van der Waals surface area contributed by atoms with Crippen molar-refractivity contribution in [1.29, 1.82) is 0 Å². The van der Waals surface area contributed by atoms with E-state index < -0.39 is 0 Å². The van der Waals surface area contributed by atoms with Crippen LogP contribution in [-0.2, 0) is 14.3 Å². The molecule has 2 aliphatic heterocycles. The monoisotopic (exact) mass is 385 g/mol. The minimum absolute atomic E-state index is 0. The Hall–Kier alpha value is -0.110. The average molecular weight is 386 g/mol. The van der Waals surface area contributed by atoms with Gasteiger partial charge in [0.15, 0.2) is 0 Å². The van der Waals surface area contributed by atoms with Gasteiger partial charge in [0.1, 0.15) is 6.10 Å². The Bertz CT molecular complexity index is 353. The standard InChI is InChI=1S/C16H31N3O3.2ClH/c1-12-10-19(11-13(2)21-12)8-4-3-7-18-16(20)15-6-5-14(9-17)22-15;;/h12-15H,3-11,17H2,1-2H3,(H,18,20);2*1H/t12?,13?,14-,15+;;/m1../s1. The van der Waals surface area contributed by atoms with Gasteiger partial charge in [0.25, 0.3) is 0 Å². The maximum atomic E-state index is 12.0. The van der Waals surface area contributed by atoms with Crippen molar-refractivity contribution in [2.45, 2.75) is 63.9 Å². The molecule has 0 aliphatic carbocycles. The van der Waals surface area contributed by atoms with Gasteiger partial charge in [0.05, 0.1) is 18.3 Å². The molecule has 6 nitrogen and oxygen atoms in total. The van der Waals surface area contributed by atoms with E-state index in [1.165, 1.54) is 0 Å². The molecule has 3 N–H and O–H groups in total. The van der Waals surface area contributed by atoms with Crippen LogP contribution in [0.1, 0.15) is 39.5 Å². The van der Waals surface area contributed by atoms with Gasteiger partial charge in [0, 0.05) is 26.2 Å². The van der Waals surface area contributed by atoms with Gasteiger partial charge < -0.3 is 20.5 Å². The third kappa shape index (κ3) is 7.85. The van der Waals surface area contributed by atoms with Crippen molar-refractivity contribution in [3.8, 4) is 0 Å². The van der Waals surface area contributed by atoms with E-state index in [0.29, 0.717) is 18.8 Å². The Kier molecular flexibility index (Phi) is 12.2. The number of morpholine rings is 1. The predicted octanol–water partition coefficient (Wildman–Crippen LogP) is 1.34. The summed E-state index contributed by atoms with van der Waals surface area (Å²) in [5.74, 6) is 0.0181. The lowest BCUT2D eigenvalue weighted by molar-refractivity contribution is -0.131. The highest BCUT2D eigenvalue weighted by Crippen LogP contribution is 2.18. The van der Waals surface area contributed by atoms with Crippen molar-refractivity contribution in [1.82, 2.24) is 10.2 Å². The van der Waals surface area contributed by atoms with Gasteiger partial charge in [-0.1, -0.05) is 0 Å². The minimum atomic E-state index is -0.297. The highest BCUT2D eigenvalue weighted by molar-refractivity contribution is 5.85. The van der Waals surface area contributed by atoms with Crippen molar-refractivity contribution < 1.29 is 14.3 Å². The molecule has 0 aromatic heterocycles. The summed E-state index contributed by atoms with van der Waals surface area (Å²) in [7, 11) is 0. The number of hydrogen-bond acceptors (Lipinski definition) is 5. The predicted molar refractivity (Wildman–Crippen MR) is 100 cm³/mol. The van der Waals surface area contributed by atoms with Crippen LogP contribution in [0.15, 0.2) is 0 Å². The maximum Gasteiger partial charge on any atom is 0.249 e. The van der Waals surface area contributed by atoms with Crippen LogP contribution in [0.2, 0.25) is 0 Å². The molecule has 0 saturated carbocycles. The second-order valence-electron chi connectivity index (χ2n) is 6.57. The summed E-state index contributed by atoms with van der Waals surface area (Å²) in [5.41, 5.74) is 5.56. The number of hydrogen-bond donors (Lipinski definition) is 2. The zero-order valence-corrected chi connectivity index (χ0v) is 16.4. The van der Waals surface area contributed by atoms with Crippen LogP contribution in [0.3, 0.4) is 0 Å². The number of halogens is 2. The molecule has 24 heavy (non-hydrogen) atoms. The Morgan fingerprint density at radius 1 is 1.12 bits per heavy atom. The van der Waals surface area contributed by atoms with Crippen LogP contribution in [-0.4, -0.2) is 67.9 Å². The summed E-state index contributed by atoms with van der Waals surface area (Å²) in [6.07, 6.45) is 4.17. The SMILES string of the molecule is CC1CN(CCCCNC(=O)[C@@H]2CC[C@H](CN)O2)CC(C)O1.Cl.Cl. The number of unbranched alkanes of at least 4 members (excludes halogenated alkanes) is 1. The molecule has 2 fully saturated rings.